The maximum atomic E-state index is 9.20. The number of hydrogen-bond acceptors (Lipinski definition) is 3. The van der Waals surface area contributed by atoms with Crippen molar-refractivity contribution in [3.05, 3.63) is 82.9 Å². The fourth-order valence-corrected chi connectivity index (χ4v) is 6.02. The Morgan fingerprint density at radius 1 is 0.649 bits per heavy atom. The highest BCUT2D eigenvalue weighted by Gasteiger charge is 2.23. The summed E-state index contributed by atoms with van der Waals surface area (Å²) in [6, 6.07) is 20.5. The Morgan fingerprint density at radius 3 is 1.32 bits per heavy atom. The van der Waals surface area contributed by atoms with Crippen LogP contribution in [0.2, 0.25) is 0 Å². The monoisotopic (exact) mass is 492 g/mol. The van der Waals surface area contributed by atoms with Crippen LogP contribution in [-0.2, 0) is 4.74 Å². The molecule has 0 amide bonds. The van der Waals surface area contributed by atoms with Crippen molar-refractivity contribution in [1.82, 2.24) is 0 Å². The van der Waals surface area contributed by atoms with Gasteiger partial charge in [0.25, 0.3) is 0 Å². The van der Waals surface area contributed by atoms with Crippen molar-refractivity contribution in [3.63, 3.8) is 0 Å². The zero-order valence-electron chi connectivity index (χ0n) is 22.5. The lowest BCUT2D eigenvalue weighted by molar-refractivity contribution is 0.193. The van der Waals surface area contributed by atoms with Crippen molar-refractivity contribution >= 4 is 11.1 Å². The van der Waals surface area contributed by atoms with Crippen LogP contribution in [0, 0.1) is 46.3 Å². The summed E-state index contributed by atoms with van der Waals surface area (Å²) >= 11 is 0. The zero-order chi connectivity index (χ0) is 26.0. The Bertz CT molecular complexity index is 1050. The number of rotatable bonds is 8. The minimum absolute atomic E-state index is 0.557. The van der Waals surface area contributed by atoms with Gasteiger partial charge in [-0.1, -0.05) is 75.9 Å². The number of nitrogens with zero attached hydrogens (tertiary/aromatic N) is 2. The lowest BCUT2D eigenvalue weighted by Gasteiger charge is -2.29. The minimum atomic E-state index is 0.557. The molecule has 2 fully saturated rings. The van der Waals surface area contributed by atoms with E-state index in [0.29, 0.717) is 36.2 Å². The third-order valence-corrected chi connectivity index (χ3v) is 8.45. The summed E-state index contributed by atoms with van der Waals surface area (Å²) in [6.45, 7) is 5.88. The summed E-state index contributed by atoms with van der Waals surface area (Å²) < 4.78 is 6.19. The molecule has 2 aromatic carbocycles. The highest BCUT2D eigenvalue weighted by atomic mass is 16.5. The molecule has 0 saturated heterocycles. The first kappa shape index (κ1) is 26.9. The number of benzene rings is 2. The van der Waals surface area contributed by atoms with E-state index >= 15 is 0 Å². The number of ether oxygens (including phenoxy) is 1. The summed E-state index contributed by atoms with van der Waals surface area (Å²) in [6.07, 6.45) is 14.5. The number of hydrogen-bond donors (Lipinski definition) is 0. The predicted octanol–water partition coefficient (Wildman–Crippen LogP) is 8.57. The normalized spacial score (nSPS) is 24.8. The molecule has 192 valence electrons. The van der Waals surface area contributed by atoms with Crippen LogP contribution in [0.3, 0.4) is 0 Å². The SMILES string of the molecule is CC1CCC(C(=CCOCC=C(c2ccc(C#N)cc2)C2CCC(C)CC2)c2ccc(C#N)cc2)CC1. The quantitative estimate of drug-likeness (QED) is 0.347. The van der Waals surface area contributed by atoms with Crippen LogP contribution in [0.4, 0.5) is 0 Å². The molecule has 3 heteroatoms. The molecule has 0 atom stereocenters. The average molecular weight is 493 g/mol. The Balaban J connectivity index is 1.47. The summed E-state index contributed by atoms with van der Waals surface area (Å²) in [7, 11) is 0. The van der Waals surface area contributed by atoms with E-state index in [9.17, 15) is 10.5 Å². The van der Waals surface area contributed by atoms with E-state index in [1.807, 2.05) is 24.3 Å². The van der Waals surface area contributed by atoms with Gasteiger partial charge in [0.1, 0.15) is 0 Å². The lowest BCUT2D eigenvalue weighted by Crippen LogP contribution is -2.15. The molecule has 4 rings (SSSR count). The third-order valence-electron chi connectivity index (χ3n) is 8.45. The molecule has 0 bridgehead atoms. The van der Waals surface area contributed by atoms with Crippen LogP contribution < -0.4 is 0 Å². The topological polar surface area (TPSA) is 56.8 Å². The molecule has 2 aromatic rings. The molecule has 2 saturated carbocycles. The van der Waals surface area contributed by atoms with Gasteiger partial charge in [-0.05, 0) is 95.9 Å². The third kappa shape index (κ3) is 7.44. The van der Waals surface area contributed by atoms with Gasteiger partial charge in [0, 0.05) is 0 Å². The molecule has 2 aliphatic rings. The van der Waals surface area contributed by atoms with E-state index < -0.39 is 0 Å². The fourth-order valence-electron chi connectivity index (χ4n) is 6.02. The van der Waals surface area contributed by atoms with Crippen molar-refractivity contribution < 1.29 is 4.74 Å². The van der Waals surface area contributed by atoms with Crippen LogP contribution in [0.25, 0.3) is 11.1 Å². The molecule has 0 unspecified atom stereocenters. The van der Waals surface area contributed by atoms with E-state index in [2.05, 4.69) is 62.4 Å². The van der Waals surface area contributed by atoms with E-state index in [1.165, 1.54) is 73.6 Å². The second kappa shape index (κ2) is 13.4. The van der Waals surface area contributed by atoms with E-state index in [-0.39, 0.29) is 0 Å². The largest absolute Gasteiger partial charge is 0.373 e. The molecule has 3 nitrogen and oxygen atoms in total. The number of nitriles is 2. The molecule has 2 aliphatic carbocycles. The van der Waals surface area contributed by atoms with Crippen LogP contribution >= 0.6 is 0 Å². The van der Waals surface area contributed by atoms with Gasteiger partial charge in [-0.2, -0.15) is 10.5 Å². The van der Waals surface area contributed by atoms with E-state index in [0.717, 1.165) is 11.8 Å². The van der Waals surface area contributed by atoms with Crippen molar-refractivity contribution in [1.29, 1.82) is 10.5 Å². The van der Waals surface area contributed by atoms with Gasteiger partial charge in [0.15, 0.2) is 0 Å². The maximum absolute atomic E-state index is 9.20. The van der Waals surface area contributed by atoms with Crippen molar-refractivity contribution in [2.45, 2.75) is 65.2 Å². The first-order valence-corrected chi connectivity index (χ1v) is 14.1. The maximum Gasteiger partial charge on any atom is 0.0991 e. The molecule has 0 N–H and O–H groups in total. The van der Waals surface area contributed by atoms with E-state index in [4.69, 9.17) is 4.74 Å². The zero-order valence-corrected chi connectivity index (χ0v) is 22.5. The fraction of sp³-hybridized carbons (Fsp3) is 0.471. The van der Waals surface area contributed by atoms with Crippen LogP contribution in [0.15, 0.2) is 60.7 Å². The average Bonchev–Trinajstić information content (AvgIpc) is 2.94. The van der Waals surface area contributed by atoms with Gasteiger partial charge in [-0.15, -0.1) is 0 Å². The first-order valence-electron chi connectivity index (χ1n) is 14.1. The summed E-state index contributed by atoms with van der Waals surface area (Å²) in [4.78, 5) is 0. The second-order valence-electron chi connectivity index (χ2n) is 11.1. The highest BCUT2D eigenvalue weighted by molar-refractivity contribution is 5.69. The molecule has 0 aliphatic heterocycles. The van der Waals surface area contributed by atoms with Crippen molar-refractivity contribution in [3.8, 4) is 12.1 Å². The van der Waals surface area contributed by atoms with Crippen LogP contribution in [-0.4, -0.2) is 13.2 Å². The van der Waals surface area contributed by atoms with E-state index in [1.54, 1.807) is 0 Å². The van der Waals surface area contributed by atoms with Gasteiger partial charge < -0.3 is 4.74 Å². The predicted molar refractivity (Wildman–Crippen MR) is 151 cm³/mol. The van der Waals surface area contributed by atoms with Gasteiger partial charge >= 0.3 is 0 Å². The number of allylic oxidation sites excluding steroid dienone is 2. The smallest absolute Gasteiger partial charge is 0.0991 e. The van der Waals surface area contributed by atoms with Gasteiger partial charge in [-0.3, -0.25) is 0 Å². The van der Waals surface area contributed by atoms with Gasteiger partial charge in [-0.25, -0.2) is 0 Å². The molecule has 0 radical (unpaired) electrons. The highest BCUT2D eigenvalue weighted by Crippen LogP contribution is 2.39. The molecular formula is C34H40N2O. The Hall–Kier alpha value is -3.14. The minimum Gasteiger partial charge on any atom is -0.373 e. The van der Waals surface area contributed by atoms with Crippen molar-refractivity contribution in [2.75, 3.05) is 13.2 Å². The second-order valence-corrected chi connectivity index (χ2v) is 11.1. The Morgan fingerprint density at radius 2 is 1.00 bits per heavy atom. The van der Waals surface area contributed by atoms with Gasteiger partial charge in [0.05, 0.1) is 36.5 Å². The Labute approximate surface area is 223 Å². The van der Waals surface area contributed by atoms with Gasteiger partial charge in [0.2, 0.25) is 0 Å². The summed E-state index contributed by atoms with van der Waals surface area (Å²) in [5.74, 6) is 2.73. The first-order chi connectivity index (χ1) is 18.1. The summed E-state index contributed by atoms with van der Waals surface area (Å²) in [5.41, 5.74) is 6.57. The summed E-state index contributed by atoms with van der Waals surface area (Å²) in [5, 5.41) is 18.4. The molecule has 37 heavy (non-hydrogen) atoms. The lowest BCUT2D eigenvalue weighted by atomic mass is 9.77. The standard InChI is InChI=1S/C34H40N2O/c1-25-3-11-29(12-4-25)33(31-15-7-27(23-35)8-16-31)19-21-37-22-20-34(30-13-5-26(2)6-14-30)32-17-9-28(24-36)10-18-32/h7-10,15-20,25-26,29-30H,3-6,11-14,21-22H2,1-2H3. The molecule has 0 spiro atoms. The Kier molecular flexibility index (Phi) is 9.76. The molecule has 0 aromatic heterocycles. The van der Waals surface area contributed by atoms with Crippen LogP contribution in [0.5, 0.6) is 0 Å². The van der Waals surface area contributed by atoms with Crippen LogP contribution in [0.1, 0.15) is 87.5 Å². The van der Waals surface area contributed by atoms with Crippen molar-refractivity contribution in [2.24, 2.45) is 23.7 Å². The molecular weight excluding hydrogens is 452 g/mol. The molecule has 0 heterocycles.